The standard InChI is InChI=1S/C10H19N3/c1-8-5-6-13(12-8)7-9(11)10(2,3)4/h5-6,9H,7,11H2,1-4H3. The first-order valence-electron chi connectivity index (χ1n) is 4.65. The van der Waals surface area contributed by atoms with Crippen molar-refractivity contribution in [3.05, 3.63) is 18.0 Å². The molecule has 0 fully saturated rings. The summed E-state index contributed by atoms with van der Waals surface area (Å²) in [6.45, 7) is 9.21. The van der Waals surface area contributed by atoms with Gasteiger partial charge in [-0.3, -0.25) is 4.68 Å². The molecule has 3 nitrogen and oxygen atoms in total. The van der Waals surface area contributed by atoms with Crippen LogP contribution in [-0.4, -0.2) is 15.8 Å². The lowest BCUT2D eigenvalue weighted by atomic mass is 9.87. The Morgan fingerprint density at radius 1 is 1.54 bits per heavy atom. The predicted octanol–water partition coefficient (Wildman–Crippen LogP) is 1.56. The lowest BCUT2D eigenvalue weighted by Gasteiger charge is -2.26. The van der Waals surface area contributed by atoms with E-state index >= 15 is 0 Å². The maximum atomic E-state index is 6.03. The molecule has 0 saturated heterocycles. The van der Waals surface area contributed by atoms with Crippen LogP contribution in [-0.2, 0) is 6.54 Å². The molecule has 0 saturated carbocycles. The lowest BCUT2D eigenvalue weighted by molar-refractivity contribution is 0.283. The number of nitrogens with zero attached hydrogens (tertiary/aromatic N) is 2. The van der Waals surface area contributed by atoms with Gasteiger partial charge in [-0.15, -0.1) is 0 Å². The van der Waals surface area contributed by atoms with Gasteiger partial charge >= 0.3 is 0 Å². The number of rotatable bonds is 2. The summed E-state index contributed by atoms with van der Waals surface area (Å²) in [7, 11) is 0. The molecule has 0 aliphatic carbocycles. The van der Waals surface area contributed by atoms with Crippen molar-refractivity contribution in [3.63, 3.8) is 0 Å². The molecule has 13 heavy (non-hydrogen) atoms. The van der Waals surface area contributed by atoms with Crippen molar-refractivity contribution in [2.24, 2.45) is 11.1 Å². The van der Waals surface area contributed by atoms with E-state index in [2.05, 4.69) is 25.9 Å². The van der Waals surface area contributed by atoms with Gasteiger partial charge in [0.05, 0.1) is 12.2 Å². The zero-order chi connectivity index (χ0) is 10.1. The minimum Gasteiger partial charge on any atom is -0.326 e. The minimum absolute atomic E-state index is 0.139. The first-order valence-corrected chi connectivity index (χ1v) is 4.65. The van der Waals surface area contributed by atoms with E-state index in [1.807, 2.05) is 23.9 Å². The molecule has 1 unspecified atom stereocenters. The van der Waals surface area contributed by atoms with E-state index in [9.17, 15) is 0 Å². The van der Waals surface area contributed by atoms with E-state index in [1.54, 1.807) is 0 Å². The Morgan fingerprint density at radius 3 is 2.54 bits per heavy atom. The molecule has 0 bridgehead atoms. The number of hydrogen-bond acceptors (Lipinski definition) is 2. The van der Waals surface area contributed by atoms with Gasteiger partial charge < -0.3 is 5.73 Å². The third-order valence-corrected chi connectivity index (χ3v) is 2.27. The maximum Gasteiger partial charge on any atom is 0.0593 e. The van der Waals surface area contributed by atoms with Crippen molar-refractivity contribution < 1.29 is 0 Å². The fraction of sp³-hybridized carbons (Fsp3) is 0.700. The third kappa shape index (κ3) is 2.84. The van der Waals surface area contributed by atoms with Gasteiger partial charge in [0, 0.05) is 12.2 Å². The molecular weight excluding hydrogens is 162 g/mol. The van der Waals surface area contributed by atoms with Crippen LogP contribution in [0.3, 0.4) is 0 Å². The van der Waals surface area contributed by atoms with Crippen molar-refractivity contribution in [2.75, 3.05) is 0 Å². The summed E-state index contributed by atoms with van der Waals surface area (Å²) in [5, 5.41) is 4.30. The van der Waals surface area contributed by atoms with Crippen LogP contribution in [0, 0.1) is 12.3 Å². The van der Waals surface area contributed by atoms with Gasteiger partial charge in [-0.05, 0) is 18.4 Å². The molecule has 74 valence electrons. The topological polar surface area (TPSA) is 43.8 Å². The molecule has 0 aromatic carbocycles. The smallest absolute Gasteiger partial charge is 0.0593 e. The second-order valence-electron chi connectivity index (χ2n) is 4.65. The Labute approximate surface area is 79.9 Å². The van der Waals surface area contributed by atoms with Crippen LogP contribution in [0.25, 0.3) is 0 Å². The Hall–Kier alpha value is -0.830. The highest BCUT2D eigenvalue weighted by atomic mass is 15.3. The molecule has 1 rings (SSSR count). The van der Waals surface area contributed by atoms with Crippen LogP contribution in [0.4, 0.5) is 0 Å². The molecule has 1 atom stereocenters. The first kappa shape index (κ1) is 10.3. The summed E-state index contributed by atoms with van der Waals surface area (Å²) in [6, 6.07) is 2.14. The van der Waals surface area contributed by atoms with Gasteiger partial charge in [-0.2, -0.15) is 5.10 Å². The summed E-state index contributed by atoms with van der Waals surface area (Å²) in [5.74, 6) is 0. The predicted molar refractivity (Wildman–Crippen MR) is 54.4 cm³/mol. The van der Waals surface area contributed by atoms with Crippen molar-refractivity contribution in [2.45, 2.75) is 40.3 Å². The van der Waals surface area contributed by atoms with Gasteiger partial charge in [-0.1, -0.05) is 20.8 Å². The Kier molecular flexibility index (Phi) is 2.76. The molecule has 0 spiro atoms. The Bertz CT molecular complexity index is 270. The molecule has 1 heterocycles. The zero-order valence-electron chi connectivity index (χ0n) is 8.91. The summed E-state index contributed by atoms with van der Waals surface area (Å²) >= 11 is 0. The van der Waals surface area contributed by atoms with Crippen molar-refractivity contribution in [1.29, 1.82) is 0 Å². The van der Waals surface area contributed by atoms with Crippen molar-refractivity contribution >= 4 is 0 Å². The van der Waals surface area contributed by atoms with E-state index in [4.69, 9.17) is 5.73 Å². The van der Waals surface area contributed by atoms with Crippen LogP contribution in [0.1, 0.15) is 26.5 Å². The van der Waals surface area contributed by atoms with Crippen LogP contribution in [0.2, 0.25) is 0 Å². The normalized spacial score (nSPS) is 14.5. The third-order valence-electron chi connectivity index (χ3n) is 2.27. The van der Waals surface area contributed by atoms with Crippen molar-refractivity contribution in [1.82, 2.24) is 9.78 Å². The summed E-state index contributed by atoms with van der Waals surface area (Å²) in [6.07, 6.45) is 1.97. The molecule has 2 N–H and O–H groups in total. The van der Waals surface area contributed by atoms with Gasteiger partial charge in [-0.25, -0.2) is 0 Å². The summed E-state index contributed by atoms with van der Waals surface area (Å²) in [5.41, 5.74) is 7.21. The van der Waals surface area contributed by atoms with E-state index in [0.717, 1.165) is 12.2 Å². The molecular formula is C10H19N3. The molecule has 0 aliphatic heterocycles. The number of aromatic nitrogens is 2. The number of aryl methyl sites for hydroxylation is 1. The first-order chi connectivity index (χ1) is 5.89. The van der Waals surface area contributed by atoms with Gasteiger partial charge in [0.25, 0.3) is 0 Å². The van der Waals surface area contributed by atoms with Crippen LogP contribution in [0.5, 0.6) is 0 Å². The summed E-state index contributed by atoms with van der Waals surface area (Å²) in [4.78, 5) is 0. The zero-order valence-corrected chi connectivity index (χ0v) is 8.91. The minimum atomic E-state index is 0.139. The van der Waals surface area contributed by atoms with Crippen molar-refractivity contribution in [3.8, 4) is 0 Å². The lowest BCUT2D eigenvalue weighted by Crippen LogP contribution is -2.38. The van der Waals surface area contributed by atoms with E-state index in [1.165, 1.54) is 0 Å². The average Bonchev–Trinajstić information content (AvgIpc) is 2.33. The molecule has 0 radical (unpaired) electrons. The molecule has 0 amide bonds. The van der Waals surface area contributed by atoms with Crippen LogP contribution < -0.4 is 5.73 Å². The Morgan fingerprint density at radius 2 is 2.15 bits per heavy atom. The van der Waals surface area contributed by atoms with E-state index < -0.39 is 0 Å². The quantitative estimate of drug-likeness (QED) is 0.752. The van der Waals surface area contributed by atoms with Gasteiger partial charge in [0.15, 0.2) is 0 Å². The van der Waals surface area contributed by atoms with E-state index in [-0.39, 0.29) is 11.5 Å². The highest BCUT2D eigenvalue weighted by molar-refractivity contribution is 4.95. The highest BCUT2D eigenvalue weighted by Gasteiger charge is 2.20. The number of hydrogen-bond donors (Lipinski definition) is 1. The second kappa shape index (κ2) is 3.50. The fourth-order valence-electron chi connectivity index (χ4n) is 1.04. The summed E-state index contributed by atoms with van der Waals surface area (Å²) < 4.78 is 1.91. The largest absolute Gasteiger partial charge is 0.326 e. The monoisotopic (exact) mass is 181 g/mol. The molecule has 1 aromatic heterocycles. The maximum absolute atomic E-state index is 6.03. The highest BCUT2D eigenvalue weighted by Crippen LogP contribution is 2.18. The van der Waals surface area contributed by atoms with E-state index in [0.29, 0.717) is 0 Å². The fourth-order valence-corrected chi connectivity index (χ4v) is 1.04. The average molecular weight is 181 g/mol. The van der Waals surface area contributed by atoms with Crippen LogP contribution in [0.15, 0.2) is 12.3 Å². The van der Waals surface area contributed by atoms with Crippen LogP contribution >= 0.6 is 0 Å². The van der Waals surface area contributed by atoms with Gasteiger partial charge in [0.2, 0.25) is 0 Å². The molecule has 1 aromatic rings. The van der Waals surface area contributed by atoms with Gasteiger partial charge in [0.1, 0.15) is 0 Å². The number of nitrogens with two attached hydrogens (primary N) is 1. The molecule has 0 aliphatic rings. The molecule has 3 heteroatoms. The Balaban J connectivity index is 2.60. The SMILES string of the molecule is Cc1ccn(CC(N)C(C)(C)C)n1. The second-order valence-corrected chi connectivity index (χ2v) is 4.65.